The number of imidazole rings is 1. The molecule has 5 rings (SSSR count). The summed E-state index contributed by atoms with van der Waals surface area (Å²) in [6, 6.07) is 18.7. The number of aromatic nitrogens is 4. The Morgan fingerprint density at radius 3 is 2.38 bits per heavy atom. The van der Waals surface area contributed by atoms with Crippen molar-refractivity contribution >= 4 is 18.5 Å². The quantitative estimate of drug-likeness (QED) is 0.400. The summed E-state index contributed by atoms with van der Waals surface area (Å²) in [5.74, 6) is 0.893. The van der Waals surface area contributed by atoms with Crippen LogP contribution in [-0.4, -0.2) is 37.2 Å². The first-order valence-electron chi connectivity index (χ1n) is 11.1. The topological polar surface area (TPSA) is 80.9 Å². The Hall–Kier alpha value is -2.82. The van der Waals surface area contributed by atoms with Gasteiger partial charge in [0.25, 0.3) is 0 Å². The summed E-state index contributed by atoms with van der Waals surface area (Å²) in [4.78, 5) is 23.3. The molecule has 4 aromatic rings. The number of hydrogen-bond donors (Lipinski definition) is 1. The van der Waals surface area contributed by atoms with E-state index in [1.807, 2.05) is 41.2 Å². The normalized spacial score (nSPS) is 20.8. The average molecular weight is 446 g/mol. The molecule has 0 spiro atoms. The molecule has 1 N–H and O–H groups in total. The molecule has 2 aromatic carbocycles. The summed E-state index contributed by atoms with van der Waals surface area (Å²) in [5.41, 5.74) is 5.80. The van der Waals surface area contributed by atoms with E-state index in [-0.39, 0.29) is 0 Å². The second-order valence-corrected chi connectivity index (χ2v) is 11.4. The van der Waals surface area contributed by atoms with Crippen LogP contribution in [0.2, 0.25) is 0 Å². The predicted octanol–water partition coefficient (Wildman–Crippen LogP) is 5.66. The molecule has 0 aliphatic heterocycles. The van der Waals surface area contributed by atoms with E-state index in [9.17, 15) is 9.46 Å². The van der Waals surface area contributed by atoms with Crippen molar-refractivity contribution in [3.8, 4) is 16.9 Å². The van der Waals surface area contributed by atoms with Crippen LogP contribution in [0, 0.1) is 5.92 Å². The molecule has 0 bridgehead atoms. The van der Waals surface area contributed by atoms with Gasteiger partial charge in [-0.3, -0.25) is 9.13 Å². The van der Waals surface area contributed by atoms with Gasteiger partial charge in [0.1, 0.15) is 23.9 Å². The van der Waals surface area contributed by atoms with Crippen molar-refractivity contribution < 1.29 is 9.46 Å². The Labute approximate surface area is 187 Å². The van der Waals surface area contributed by atoms with E-state index in [2.05, 4.69) is 39.2 Å². The highest BCUT2D eigenvalue weighted by atomic mass is 31.2. The van der Waals surface area contributed by atoms with Crippen molar-refractivity contribution in [2.24, 2.45) is 5.92 Å². The lowest BCUT2D eigenvalue weighted by Crippen LogP contribution is -2.16. The van der Waals surface area contributed by atoms with Crippen LogP contribution >= 0.6 is 7.37 Å². The maximum absolute atomic E-state index is 11.7. The summed E-state index contributed by atoms with van der Waals surface area (Å²) >= 11 is 0. The summed E-state index contributed by atoms with van der Waals surface area (Å²) in [7, 11) is -2.92. The largest absolute Gasteiger partial charge is 0.344 e. The Morgan fingerprint density at radius 2 is 1.69 bits per heavy atom. The van der Waals surface area contributed by atoms with E-state index < -0.39 is 7.37 Å². The monoisotopic (exact) mass is 446 g/mol. The smallest absolute Gasteiger partial charge is 0.197 e. The third kappa shape index (κ3) is 4.38. The van der Waals surface area contributed by atoms with Gasteiger partial charge in [-0.25, -0.2) is 15.0 Å². The molecule has 0 radical (unpaired) electrons. The number of benzene rings is 2. The molecule has 1 aliphatic carbocycles. The third-order valence-electron chi connectivity index (χ3n) is 6.47. The Balaban J connectivity index is 1.36. The van der Waals surface area contributed by atoms with Gasteiger partial charge in [-0.1, -0.05) is 42.5 Å². The molecule has 7 heteroatoms. The van der Waals surface area contributed by atoms with Gasteiger partial charge in [-0.2, -0.15) is 0 Å². The highest BCUT2D eigenvalue weighted by molar-refractivity contribution is 7.57. The van der Waals surface area contributed by atoms with Crippen molar-refractivity contribution in [2.75, 3.05) is 12.8 Å². The molecule has 0 amide bonds. The highest BCUT2D eigenvalue weighted by Crippen LogP contribution is 2.44. The molecule has 1 atom stereocenters. The van der Waals surface area contributed by atoms with Crippen LogP contribution < -0.4 is 0 Å². The van der Waals surface area contributed by atoms with E-state index in [4.69, 9.17) is 0 Å². The van der Waals surface area contributed by atoms with Gasteiger partial charge in [-0.05, 0) is 55.2 Å². The van der Waals surface area contributed by atoms with Crippen molar-refractivity contribution in [1.82, 2.24) is 19.5 Å². The van der Waals surface area contributed by atoms with Gasteiger partial charge in [0.15, 0.2) is 13.0 Å². The standard InChI is InChI=1S/C25H27N4O2P/c1-32(30,31)15-18-7-9-19(10-8-18)20-11-13-22(14-12-20)29-17-28-24-23(26-16-27-25(24)29)21-5-3-2-4-6-21/h2-6,11-14,16-19H,7-10,15H2,1H3,(H,30,31). The fraction of sp³-hybridized carbons (Fsp3) is 0.320. The van der Waals surface area contributed by atoms with Crippen molar-refractivity contribution in [3.63, 3.8) is 0 Å². The van der Waals surface area contributed by atoms with E-state index in [1.54, 1.807) is 6.33 Å². The zero-order chi connectivity index (χ0) is 22.1. The van der Waals surface area contributed by atoms with Crippen molar-refractivity contribution in [3.05, 3.63) is 72.8 Å². The molecule has 1 unspecified atom stereocenters. The molecule has 1 aliphatic rings. The lowest BCUT2D eigenvalue weighted by atomic mass is 9.79. The molecule has 2 aromatic heterocycles. The van der Waals surface area contributed by atoms with Gasteiger partial charge in [0.2, 0.25) is 0 Å². The molecule has 1 saturated carbocycles. The highest BCUT2D eigenvalue weighted by Gasteiger charge is 2.26. The van der Waals surface area contributed by atoms with Crippen LogP contribution in [0.4, 0.5) is 0 Å². The summed E-state index contributed by atoms with van der Waals surface area (Å²) in [5, 5.41) is 0. The number of rotatable bonds is 5. The summed E-state index contributed by atoms with van der Waals surface area (Å²) in [6.07, 6.45) is 8.06. The maximum Gasteiger partial charge on any atom is 0.197 e. The van der Waals surface area contributed by atoms with Crippen LogP contribution in [-0.2, 0) is 4.57 Å². The van der Waals surface area contributed by atoms with E-state index >= 15 is 0 Å². The van der Waals surface area contributed by atoms with Gasteiger partial charge in [0.05, 0.1) is 0 Å². The molecule has 6 nitrogen and oxygen atoms in total. The third-order valence-corrected chi connectivity index (χ3v) is 7.66. The first-order chi connectivity index (χ1) is 15.5. The second-order valence-electron chi connectivity index (χ2n) is 8.92. The fourth-order valence-electron chi connectivity index (χ4n) is 4.90. The Kier molecular flexibility index (Phi) is 5.66. The molecule has 2 heterocycles. The van der Waals surface area contributed by atoms with Crippen LogP contribution in [0.25, 0.3) is 28.1 Å². The number of nitrogens with zero attached hydrogens (tertiary/aromatic N) is 4. The second kappa shape index (κ2) is 8.61. The minimum absolute atomic E-state index is 0.377. The Bertz CT molecular complexity index is 1260. The minimum atomic E-state index is -2.92. The zero-order valence-corrected chi connectivity index (χ0v) is 19.0. The average Bonchev–Trinajstić information content (AvgIpc) is 3.24. The van der Waals surface area contributed by atoms with Crippen LogP contribution in [0.5, 0.6) is 0 Å². The molecular formula is C25H27N4O2P. The first kappa shape index (κ1) is 21.0. The number of hydrogen-bond acceptors (Lipinski definition) is 4. The van der Waals surface area contributed by atoms with Crippen LogP contribution in [0.15, 0.2) is 67.3 Å². The lowest BCUT2D eigenvalue weighted by Gasteiger charge is -2.29. The first-order valence-corrected chi connectivity index (χ1v) is 13.4. The van der Waals surface area contributed by atoms with E-state index in [0.717, 1.165) is 53.8 Å². The van der Waals surface area contributed by atoms with E-state index in [1.165, 1.54) is 12.2 Å². The van der Waals surface area contributed by atoms with Crippen molar-refractivity contribution in [2.45, 2.75) is 31.6 Å². The van der Waals surface area contributed by atoms with Gasteiger partial charge >= 0.3 is 0 Å². The SMILES string of the molecule is CP(=O)(O)CC1CCC(c2ccc(-n3cnc4c(-c5ccccc5)ncnc43)cc2)CC1. The van der Waals surface area contributed by atoms with E-state index in [0.29, 0.717) is 18.0 Å². The molecule has 32 heavy (non-hydrogen) atoms. The van der Waals surface area contributed by atoms with Crippen molar-refractivity contribution in [1.29, 1.82) is 0 Å². The van der Waals surface area contributed by atoms with Crippen LogP contribution in [0.3, 0.4) is 0 Å². The lowest BCUT2D eigenvalue weighted by molar-refractivity contribution is 0.341. The Morgan fingerprint density at radius 1 is 0.969 bits per heavy atom. The summed E-state index contributed by atoms with van der Waals surface area (Å²) < 4.78 is 13.7. The fourth-order valence-corrected chi connectivity index (χ4v) is 6.22. The van der Waals surface area contributed by atoms with Crippen LogP contribution in [0.1, 0.15) is 37.2 Å². The van der Waals surface area contributed by atoms with Gasteiger partial charge in [-0.15, -0.1) is 0 Å². The zero-order valence-electron chi connectivity index (χ0n) is 18.1. The molecular weight excluding hydrogens is 419 g/mol. The molecule has 164 valence electrons. The molecule has 0 saturated heterocycles. The summed E-state index contributed by atoms with van der Waals surface area (Å²) in [6.45, 7) is 1.48. The maximum atomic E-state index is 11.7. The predicted molar refractivity (Wildman–Crippen MR) is 127 cm³/mol. The number of fused-ring (bicyclic) bond motifs is 1. The minimum Gasteiger partial charge on any atom is -0.344 e. The van der Waals surface area contributed by atoms with Gasteiger partial charge < -0.3 is 4.89 Å². The van der Waals surface area contributed by atoms with Gasteiger partial charge in [0, 0.05) is 24.1 Å². The molecule has 1 fully saturated rings.